The van der Waals surface area contributed by atoms with Gasteiger partial charge in [0.15, 0.2) is 23.3 Å². The number of unbranched alkanes of at least 4 members (excludes halogenated alkanes) is 15. The highest BCUT2D eigenvalue weighted by atomic mass is 31.2. The van der Waals surface area contributed by atoms with Gasteiger partial charge in [0, 0.05) is 12.8 Å². The number of ketones is 2. The van der Waals surface area contributed by atoms with Gasteiger partial charge in [-0.25, -0.2) is 4.57 Å². The van der Waals surface area contributed by atoms with Crippen LogP contribution in [0.4, 0.5) is 0 Å². The molecule has 0 bridgehead atoms. The van der Waals surface area contributed by atoms with Crippen molar-refractivity contribution in [1.82, 2.24) is 0 Å². The minimum atomic E-state index is -5.05. The van der Waals surface area contributed by atoms with Crippen molar-refractivity contribution < 1.29 is 38.7 Å². The summed E-state index contributed by atoms with van der Waals surface area (Å²) in [6, 6.07) is 19.7. The lowest BCUT2D eigenvalue weighted by molar-refractivity contribution is -0.165. The quantitative estimate of drug-likeness (QED) is 0.0271. The maximum absolute atomic E-state index is 13.1. The molecule has 280 valence electrons. The average Bonchev–Trinajstić information content (AvgIpc) is 3.12. The molecule has 8 nitrogen and oxygen atoms in total. The number of carbonyl (C=O) groups is 2. The second kappa shape index (κ2) is 20.5. The highest BCUT2D eigenvalue weighted by molar-refractivity contribution is 7.46. The number of Topliss-reactive ketones (excluding diaryl/α,β-unsaturated/α-hetero) is 2. The zero-order valence-electron chi connectivity index (χ0n) is 30.5. The Labute approximate surface area is 303 Å². The second-order valence-electron chi connectivity index (χ2n) is 14.5. The third-order valence-corrected chi connectivity index (χ3v) is 10.9. The zero-order chi connectivity index (χ0) is 36.7. The summed E-state index contributed by atoms with van der Waals surface area (Å²) in [5.41, 5.74) is -1.36. The molecule has 0 aliphatic rings. The number of phosphoric acid groups is 1. The summed E-state index contributed by atoms with van der Waals surface area (Å²) < 4.78 is 15.8. The van der Waals surface area contributed by atoms with Gasteiger partial charge in [0.1, 0.15) is 0 Å². The summed E-state index contributed by atoms with van der Waals surface area (Å²) in [6.07, 6.45) is 15.8. The van der Waals surface area contributed by atoms with E-state index in [4.69, 9.17) is 0 Å². The van der Waals surface area contributed by atoms with Crippen molar-refractivity contribution in [3.63, 3.8) is 0 Å². The summed E-state index contributed by atoms with van der Waals surface area (Å²) >= 11 is 0. The molecule has 0 saturated heterocycles. The van der Waals surface area contributed by atoms with Crippen LogP contribution in [0.1, 0.15) is 134 Å². The molecule has 0 saturated carbocycles. The third-order valence-electron chi connectivity index (χ3n) is 10.4. The topological polar surface area (TPSA) is 141 Å². The molecule has 0 amide bonds. The minimum absolute atomic E-state index is 0.0295. The lowest BCUT2D eigenvalue weighted by Crippen LogP contribution is -2.56. The Balaban J connectivity index is 1.16. The van der Waals surface area contributed by atoms with Crippen LogP contribution < -0.4 is 0 Å². The number of benzene rings is 4. The largest absolute Gasteiger partial charge is 0.469 e. The summed E-state index contributed by atoms with van der Waals surface area (Å²) in [6.45, 7) is 1.06. The highest BCUT2D eigenvalue weighted by Crippen LogP contribution is 2.38. The molecule has 2 unspecified atom stereocenters. The van der Waals surface area contributed by atoms with E-state index in [0.29, 0.717) is 19.3 Å². The van der Waals surface area contributed by atoms with E-state index in [1.165, 1.54) is 76.4 Å². The van der Waals surface area contributed by atoms with E-state index in [9.17, 15) is 34.2 Å². The predicted octanol–water partition coefficient (Wildman–Crippen LogP) is 9.90. The van der Waals surface area contributed by atoms with Crippen molar-refractivity contribution >= 4 is 51.7 Å². The lowest BCUT2D eigenvalue weighted by Gasteiger charge is -2.30. The summed E-state index contributed by atoms with van der Waals surface area (Å²) in [5, 5.41) is 29.6. The molecule has 4 N–H and O–H groups in total. The van der Waals surface area contributed by atoms with E-state index in [2.05, 4.69) is 66.0 Å². The van der Waals surface area contributed by atoms with Crippen LogP contribution in [-0.2, 0) is 25.1 Å². The van der Waals surface area contributed by atoms with Gasteiger partial charge in [-0.05, 0) is 63.6 Å². The molecule has 0 aliphatic carbocycles. The summed E-state index contributed by atoms with van der Waals surface area (Å²) in [5.74, 6) is -1.56. The fraction of sp³-hybridized carbons (Fsp3) is 0.571. The Morgan fingerprint density at radius 3 is 1.75 bits per heavy atom. The molecule has 0 fully saturated rings. The number of hydrogen-bond donors (Lipinski definition) is 4. The van der Waals surface area contributed by atoms with Crippen LogP contribution in [0.15, 0.2) is 54.6 Å². The van der Waals surface area contributed by atoms with Crippen molar-refractivity contribution in [3.05, 3.63) is 60.2 Å². The highest BCUT2D eigenvalue weighted by Gasteiger charge is 2.47. The fourth-order valence-corrected chi connectivity index (χ4v) is 7.76. The number of aryl methyl sites for hydroxylation is 1. The Morgan fingerprint density at radius 1 is 0.667 bits per heavy atom. The van der Waals surface area contributed by atoms with Crippen LogP contribution in [0.3, 0.4) is 0 Å². The van der Waals surface area contributed by atoms with Crippen molar-refractivity contribution in [2.75, 3.05) is 6.61 Å². The smallest absolute Gasteiger partial charge is 0.382 e. The Hall–Kier alpha value is -2.71. The van der Waals surface area contributed by atoms with Gasteiger partial charge in [-0.3, -0.25) is 14.1 Å². The van der Waals surface area contributed by atoms with E-state index < -0.39 is 37.7 Å². The average molecular weight is 723 g/mol. The van der Waals surface area contributed by atoms with E-state index in [0.717, 1.165) is 57.8 Å². The van der Waals surface area contributed by atoms with Crippen LogP contribution in [0.25, 0.3) is 32.3 Å². The summed E-state index contributed by atoms with van der Waals surface area (Å²) in [7, 11) is -5.05. The molecule has 0 radical (unpaired) electrons. The normalized spacial score (nSPS) is 14.1. The van der Waals surface area contributed by atoms with Gasteiger partial charge in [0.25, 0.3) is 0 Å². The molecule has 4 aromatic rings. The molecule has 2 atom stereocenters. The molecule has 9 heteroatoms. The molecule has 0 heterocycles. The number of hydrogen-bond acceptors (Lipinski definition) is 6. The summed E-state index contributed by atoms with van der Waals surface area (Å²) in [4.78, 5) is 44.3. The number of carbonyl (C=O) groups excluding carboxylic acids is 2. The van der Waals surface area contributed by atoms with E-state index >= 15 is 0 Å². The van der Waals surface area contributed by atoms with Gasteiger partial charge < -0.3 is 20.0 Å². The SMILES string of the molecule is CCCCCCCCCCCCCC(=O)C(O)C(O)(COP(=O)(O)O)C(=O)CCCCCCCCc1ccc2ccc3cccc4ccc1c2c34. The van der Waals surface area contributed by atoms with Gasteiger partial charge in [-0.2, -0.15) is 0 Å². The molecule has 0 aliphatic heterocycles. The van der Waals surface area contributed by atoms with Crippen molar-refractivity contribution in [2.24, 2.45) is 0 Å². The zero-order valence-corrected chi connectivity index (χ0v) is 31.4. The number of aliphatic hydroxyl groups excluding tert-OH is 1. The van der Waals surface area contributed by atoms with E-state index in [1.54, 1.807) is 0 Å². The molecular formula is C42H59O8P. The molecule has 4 rings (SSSR count). The molecular weight excluding hydrogens is 663 g/mol. The third kappa shape index (κ3) is 12.2. The number of aliphatic hydroxyl groups is 2. The molecule has 4 aromatic carbocycles. The monoisotopic (exact) mass is 722 g/mol. The Kier molecular flexibility index (Phi) is 16.5. The van der Waals surface area contributed by atoms with Crippen LogP contribution in [0.5, 0.6) is 0 Å². The minimum Gasteiger partial charge on any atom is -0.382 e. The maximum atomic E-state index is 13.1. The van der Waals surface area contributed by atoms with Gasteiger partial charge in [-0.1, -0.05) is 151 Å². The van der Waals surface area contributed by atoms with Crippen molar-refractivity contribution in [1.29, 1.82) is 0 Å². The Morgan fingerprint density at radius 2 is 1.16 bits per heavy atom. The lowest BCUT2D eigenvalue weighted by atomic mass is 9.85. The van der Waals surface area contributed by atoms with E-state index in [-0.39, 0.29) is 12.8 Å². The second-order valence-corrected chi connectivity index (χ2v) is 15.7. The number of rotatable bonds is 27. The Bertz CT molecular complexity index is 1700. The van der Waals surface area contributed by atoms with Crippen LogP contribution >= 0.6 is 7.82 Å². The molecule has 0 aromatic heterocycles. The number of phosphoric ester groups is 1. The van der Waals surface area contributed by atoms with Crippen LogP contribution in [-0.4, -0.2) is 49.9 Å². The first-order valence-corrected chi connectivity index (χ1v) is 20.9. The fourth-order valence-electron chi connectivity index (χ4n) is 7.40. The van der Waals surface area contributed by atoms with Gasteiger partial charge in [0.2, 0.25) is 0 Å². The van der Waals surface area contributed by atoms with Gasteiger partial charge in [-0.15, -0.1) is 0 Å². The van der Waals surface area contributed by atoms with Crippen molar-refractivity contribution in [3.8, 4) is 0 Å². The first-order chi connectivity index (χ1) is 24.5. The van der Waals surface area contributed by atoms with Gasteiger partial charge >= 0.3 is 7.82 Å². The van der Waals surface area contributed by atoms with Crippen LogP contribution in [0.2, 0.25) is 0 Å². The molecule has 0 spiro atoms. The van der Waals surface area contributed by atoms with Crippen molar-refractivity contribution in [2.45, 2.75) is 147 Å². The standard InChI is InChI=1S/C42H59O8P/c1-2-3-4-5-6-7-8-9-10-14-17-23-37(43)41(45)42(46,31-50-51(47,48)49)38(44)24-18-15-12-11-13-16-20-32-25-26-35-28-27-33-21-19-22-34-29-30-36(32)40(35)39(33)34/h19,21-22,25-30,41,45-46H,2-18,20,23-24,31H2,1H3,(H2,47,48,49). The molecule has 51 heavy (non-hydrogen) atoms. The first kappa shape index (κ1) is 41.1. The first-order valence-electron chi connectivity index (χ1n) is 19.4. The van der Waals surface area contributed by atoms with E-state index in [1.807, 2.05) is 0 Å². The predicted molar refractivity (Wildman–Crippen MR) is 206 cm³/mol. The van der Waals surface area contributed by atoms with Gasteiger partial charge in [0.05, 0.1) is 6.61 Å². The van der Waals surface area contributed by atoms with Crippen LogP contribution in [0, 0.1) is 0 Å². The maximum Gasteiger partial charge on any atom is 0.469 e.